The van der Waals surface area contributed by atoms with Crippen LogP contribution in [0.25, 0.3) is 0 Å². The van der Waals surface area contributed by atoms with Gasteiger partial charge >= 0.3 is 0 Å². The maximum atomic E-state index is 12.8. The predicted molar refractivity (Wildman–Crippen MR) is 99.2 cm³/mol. The maximum absolute atomic E-state index is 12.8. The lowest BCUT2D eigenvalue weighted by atomic mass is 9.78. The van der Waals surface area contributed by atoms with E-state index in [1.165, 1.54) is 0 Å². The van der Waals surface area contributed by atoms with E-state index in [0.29, 0.717) is 23.6 Å². The minimum Gasteiger partial charge on any atom is -0.485 e. The van der Waals surface area contributed by atoms with Crippen LogP contribution in [0.3, 0.4) is 0 Å². The number of ether oxygens (including phenoxy) is 1. The molecule has 28 heavy (non-hydrogen) atoms. The first-order valence-corrected chi connectivity index (χ1v) is 9.64. The zero-order chi connectivity index (χ0) is 19.5. The zero-order valence-corrected chi connectivity index (χ0v) is 15.8. The molecule has 2 aromatic rings. The number of nitrogens with one attached hydrogen (secondary N) is 2. The molecule has 2 amide bonds. The molecule has 0 unspecified atom stereocenters. The quantitative estimate of drug-likeness (QED) is 0.752. The molecule has 2 bridgehead atoms. The number of rotatable bonds is 7. The first kappa shape index (κ1) is 18.5. The van der Waals surface area contributed by atoms with Gasteiger partial charge in [-0.1, -0.05) is 23.4 Å². The Hall–Kier alpha value is -2.90. The second kappa shape index (κ2) is 8.00. The number of likely N-dealkylation sites (N-methyl/N-ethyl adjacent to an activating group) is 1. The molecule has 2 fully saturated rings. The number of aromatic nitrogens is 2. The average molecular weight is 384 g/mol. The molecule has 1 aromatic heterocycles. The van der Waals surface area contributed by atoms with E-state index >= 15 is 0 Å². The molecule has 1 aromatic carbocycles. The number of para-hydroxylation sites is 1. The molecule has 4 rings (SSSR count). The van der Waals surface area contributed by atoms with Gasteiger partial charge in [0.05, 0.1) is 18.4 Å². The third kappa shape index (κ3) is 3.72. The van der Waals surface area contributed by atoms with Gasteiger partial charge in [-0.3, -0.25) is 9.59 Å². The number of hydrogen-bond donors (Lipinski definition) is 2. The van der Waals surface area contributed by atoms with Crippen molar-refractivity contribution >= 4 is 11.8 Å². The van der Waals surface area contributed by atoms with Crippen LogP contribution in [-0.4, -0.2) is 35.5 Å². The largest absolute Gasteiger partial charge is 0.485 e. The van der Waals surface area contributed by atoms with Crippen LogP contribution >= 0.6 is 0 Å². The summed E-state index contributed by atoms with van der Waals surface area (Å²) >= 11 is 0. The number of carbonyl (C=O) groups is 2. The van der Waals surface area contributed by atoms with E-state index < -0.39 is 0 Å². The van der Waals surface area contributed by atoms with Crippen LogP contribution in [0.4, 0.5) is 0 Å². The molecular weight excluding hydrogens is 360 g/mol. The van der Waals surface area contributed by atoms with Crippen molar-refractivity contribution in [1.82, 2.24) is 20.8 Å². The van der Waals surface area contributed by atoms with Crippen molar-refractivity contribution in [3.63, 3.8) is 0 Å². The number of hydrogen-bond acceptors (Lipinski definition) is 6. The SMILES string of the molecule is CNC(=O)CNC(=O)[C@H]1[C@H]2CC[C@H](C2)[C@@H]1c1nc(COc2ccccc2)no1. The molecule has 2 N–H and O–H groups in total. The Kier molecular flexibility index (Phi) is 5.27. The van der Waals surface area contributed by atoms with E-state index in [1.807, 2.05) is 30.3 Å². The standard InChI is InChI=1S/C20H24N4O4/c1-21-16(25)10-22-19(26)17-12-7-8-13(9-12)18(17)20-23-15(24-28-20)11-27-14-5-3-2-4-6-14/h2-6,12-13,17-18H,7-11H2,1H3,(H,21,25)(H,22,26)/t12-,13+,17-,18-/m0/s1. The summed E-state index contributed by atoms with van der Waals surface area (Å²) in [4.78, 5) is 28.7. The number of amides is 2. The Labute approximate surface area is 163 Å². The summed E-state index contributed by atoms with van der Waals surface area (Å²) in [5, 5.41) is 9.29. The zero-order valence-electron chi connectivity index (χ0n) is 15.8. The van der Waals surface area contributed by atoms with Gasteiger partial charge in [-0.25, -0.2) is 0 Å². The second-order valence-electron chi connectivity index (χ2n) is 7.43. The van der Waals surface area contributed by atoms with E-state index in [0.717, 1.165) is 25.0 Å². The van der Waals surface area contributed by atoms with E-state index in [2.05, 4.69) is 20.8 Å². The Bertz CT molecular complexity index is 838. The van der Waals surface area contributed by atoms with E-state index in [-0.39, 0.29) is 36.8 Å². The molecule has 4 atom stereocenters. The number of carbonyl (C=O) groups excluding carboxylic acids is 2. The highest BCUT2D eigenvalue weighted by atomic mass is 16.5. The fraction of sp³-hybridized carbons (Fsp3) is 0.500. The third-order valence-corrected chi connectivity index (χ3v) is 5.80. The molecule has 1 heterocycles. The van der Waals surface area contributed by atoms with Crippen molar-refractivity contribution in [3.8, 4) is 5.75 Å². The molecule has 148 valence electrons. The molecule has 2 aliphatic carbocycles. The molecule has 2 aliphatic rings. The van der Waals surface area contributed by atoms with Crippen LogP contribution in [-0.2, 0) is 16.2 Å². The van der Waals surface area contributed by atoms with Crippen LogP contribution in [0.15, 0.2) is 34.9 Å². The van der Waals surface area contributed by atoms with Crippen molar-refractivity contribution in [2.24, 2.45) is 17.8 Å². The highest BCUT2D eigenvalue weighted by Crippen LogP contribution is 2.56. The van der Waals surface area contributed by atoms with Crippen LogP contribution in [0.2, 0.25) is 0 Å². The van der Waals surface area contributed by atoms with Gasteiger partial charge < -0.3 is 19.9 Å². The van der Waals surface area contributed by atoms with Gasteiger partial charge in [-0.15, -0.1) is 0 Å². The molecule has 8 heteroatoms. The number of benzene rings is 1. The summed E-state index contributed by atoms with van der Waals surface area (Å²) in [6, 6.07) is 9.44. The molecule has 2 saturated carbocycles. The van der Waals surface area contributed by atoms with E-state index in [9.17, 15) is 9.59 Å². The average Bonchev–Trinajstić information content (AvgIpc) is 3.46. The highest BCUT2D eigenvalue weighted by molar-refractivity contribution is 5.86. The molecular formula is C20H24N4O4. The minimum absolute atomic E-state index is 0.0179. The van der Waals surface area contributed by atoms with Gasteiger partial charge in [-0.05, 0) is 43.2 Å². The highest BCUT2D eigenvalue weighted by Gasteiger charge is 2.53. The molecule has 0 spiro atoms. The molecule has 0 radical (unpaired) electrons. The Balaban J connectivity index is 1.44. The van der Waals surface area contributed by atoms with Crippen molar-refractivity contribution in [1.29, 1.82) is 0 Å². The fourth-order valence-corrected chi connectivity index (χ4v) is 4.52. The Morgan fingerprint density at radius 1 is 1.21 bits per heavy atom. The van der Waals surface area contributed by atoms with Gasteiger partial charge in [-0.2, -0.15) is 4.98 Å². The van der Waals surface area contributed by atoms with Gasteiger partial charge in [0, 0.05) is 7.05 Å². The van der Waals surface area contributed by atoms with E-state index in [4.69, 9.17) is 9.26 Å². The van der Waals surface area contributed by atoms with Gasteiger partial charge in [0.15, 0.2) is 6.61 Å². The van der Waals surface area contributed by atoms with E-state index in [1.54, 1.807) is 7.05 Å². The van der Waals surface area contributed by atoms with Crippen molar-refractivity contribution in [2.75, 3.05) is 13.6 Å². The van der Waals surface area contributed by atoms with Gasteiger partial charge in [0.2, 0.25) is 23.5 Å². The smallest absolute Gasteiger partial charge is 0.239 e. The topological polar surface area (TPSA) is 106 Å². The summed E-state index contributed by atoms with van der Waals surface area (Å²) in [5.74, 6) is 1.71. The first-order valence-electron chi connectivity index (χ1n) is 9.64. The van der Waals surface area contributed by atoms with Crippen LogP contribution < -0.4 is 15.4 Å². The Morgan fingerprint density at radius 2 is 2.00 bits per heavy atom. The summed E-state index contributed by atoms with van der Waals surface area (Å²) in [6.07, 6.45) is 3.07. The molecule has 8 nitrogen and oxygen atoms in total. The normalized spacial score (nSPS) is 25.5. The predicted octanol–water partition coefficient (Wildman–Crippen LogP) is 1.64. The monoisotopic (exact) mass is 384 g/mol. The number of nitrogens with zero attached hydrogens (tertiary/aromatic N) is 2. The fourth-order valence-electron chi connectivity index (χ4n) is 4.52. The van der Waals surface area contributed by atoms with Gasteiger partial charge in [0.1, 0.15) is 5.75 Å². The van der Waals surface area contributed by atoms with Crippen LogP contribution in [0, 0.1) is 17.8 Å². The van der Waals surface area contributed by atoms with Crippen LogP contribution in [0.5, 0.6) is 5.75 Å². The lowest BCUT2D eigenvalue weighted by molar-refractivity contribution is -0.130. The number of fused-ring (bicyclic) bond motifs is 2. The lowest BCUT2D eigenvalue weighted by Crippen LogP contribution is -2.42. The molecule has 0 saturated heterocycles. The lowest BCUT2D eigenvalue weighted by Gasteiger charge is -2.27. The minimum atomic E-state index is -0.230. The maximum Gasteiger partial charge on any atom is 0.239 e. The van der Waals surface area contributed by atoms with Crippen LogP contribution in [0.1, 0.15) is 36.9 Å². The molecule has 0 aliphatic heterocycles. The Morgan fingerprint density at radius 3 is 2.79 bits per heavy atom. The summed E-state index contributed by atoms with van der Waals surface area (Å²) < 4.78 is 11.2. The van der Waals surface area contributed by atoms with Crippen molar-refractivity contribution in [3.05, 3.63) is 42.0 Å². The second-order valence-corrected chi connectivity index (χ2v) is 7.43. The third-order valence-electron chi connectivity index (χ3n) is 5.80. The summed E-state index contributed by atoms with van der Waals surface area (Å²) in [7, 11) is 1.55. The van der Waals surface area contributed by atoms with Crippen molar-refractivity contribution < 1.29 is 18.8 Å². The summed E-state index contributed by atoms with van der Waals surface area (Å²) in [5.41, 5.74) is 0. The first-order chi connectivity index (χ1) is 13.7. The van der Waals surface area contributed by atoms with Crippen molar-refractivity contribution in [2.45, 2.75) is 31.8 Å². The van der Waals surface area contributed by atoms with Gasteiger partial charge in [0.25, 0.3) is 0 Å². The summed E-state index contributed by atoms with van der Waals surface area (Å²) in [6.45, 7) is 0.192.